The van der Waals surface area contributed by atoms with Crippen molar-refractivity contribution in [1.82, 2.24) is 15.2 Å². The lowest BCUT2D eigenvalue weighted by Crippen LogP contribution is -2.38. The maximum atomic E-state index is 12.1. The van der Waals surface area contributed by atoms with Crippen molar-refractivity contribution in [2.24, 2.45) is 0 Å². The number of carbonyl (C=O) groups excluding carboxylic acids is 2. The predicted molar refractivity (Wildman–Crippen MR) is 103 cm³/mol. The summed E-state index contributed by atoms with van der Waals surface area (Å²) in [6.45, 7) is 2.11. The van der Waals surface area contributed by atoms with Gasteiger partial charge in [0, 0.05) is 37.9 Å². The largest absolute Gasteiger partial charge is 0.355 e. The van der Waals surface area contributed by atoms with E-state index in [0.29, 0.717) is 13.0 Å². The van der Waals surface area contributed by atoms with E-state index in [2.05, 4.69) is 22.4 Å². The SMILES string of the molecule is O=C(Cc1csc(Cc2ccccc2)n1)NCCC(=O)N1CCCCC1. The van der Waals surface area contributed by atoms with E-state index in [1.165, 1.54) is 12.0 Å². The van der Waals surface area contributed by atoms with Crippen LogP contribution in [0.15, 0.2) is 35.7 Å². The van der Waals surface area contributed by atoms with Crippen LogP contribution in [0.2, 0.25) is 0 Å². The third-order valence-corrected chi connectivity index (χ3v) is 5.41. The van der Waals surface area contributed by atoms with E-state index in [9.17, 15) is 9.59 Å². The monoisotopic (exact) mass is 371 g/mol. The number of aromatic nitrogens is 1. The van der Waals surface area contributed by atoms with E-state index in [4.69, 9.17) is 0 Å². The van der Waals surface area contributed by atoms with Crippen molar-refractivity contribution in [2.75, 3.05) is 19.6 Å². The summed E-state index contributed by atoms with van der Waals surface area (Å²) in [6.07, 6.45) is 4.82. The average molecular weight is 372 g/mol. The highest BCUT2D eigenvalue weighted by atomic mass is 32.1. The Morgan fingerprint density at radius 3 is 2.65 bits per heavy atom. The zero-order valence-electron chi connectivity index (χ0n) is 14.9. The number of amides is 2. The summed E-state index contributed by atoms with van der Waals surface area (Å²) in [5, 5.41) is 5.79. The van der Waals surface area contributed by atoms with Crippen molar-refractivity contribution in [3.05, 3.63) is 52.0 Å². The van der Waals surface area contributed by atoms with Gasteiger partial charge in [0.2, 0.25) is 11.8 Å². The summed E-state index contributed by atoms with van der Waals surface area (Å²) in [7, 11) is 0. The summed E-state index contributed by atoms with van der Waals surface area (Å²) >= 11 is 1.58. The summed E-state index contributed by atoms with van der Waals surface area (Å²) in [4.78, 5) is 30.6. The van der Waals surface area contributed by atoms with Crippen LogP contribution < -0.4 is 5.32 Å². The minimum absolute atomic E-state index is 0.0759. The van der Waals surface area contributed by atoms with Crippen LogP contribution in [0.1, 0.15) is 41.9 Å². The Morgan fingerprint density at radius 1 is 1.12 bits per heavy atom. The number of carbonyl (C=O) groups is 2. The molecule has 1 aliphatic rings. The van der Waals surface area contributed by atoms with Gasteiger partial charge < -0.3 is 10.2 Å². The number of benzene rings is 1. The van der Waals surface area contributed by atoms with Gasteiger partial charge in [0.15, 0.2) is 0 Å². The van der Waals surface area contributed by atoms with Crippen LogP contribution in [0.25, 0.3) is 0 Å². The molecule has 6 heteroatoms. The first-order valence-electron chi connectivity index (χ1n) is 9.22. The molecule has 26 heavy (non-hydrogen) atoms. The van der Waals surface area contributed by atoms with Gasteiger partial charge in [-0.25, -0.2) is 4.98 Å². The van der Waals surface area contributed by atoms with Gasteiger partial charge in [-0.1, -0.05) is 30.3 Å². The van der Waals surface area contributed by atoms with Crippen LogP contribution in [0, 0.1) is 0 Å². The van der Waals surface area contributed by atoms with E-state index in [0.717, 1.165) is 43.1 Å². The van der Waals surface area contributed by atoms with Crippen molar-refractivity contribution in [3.63, 3.8) is 0 Å². The molecule has 0 spiro atoms. The normalized spacial score (nSPS) is 14.2. The van der Waals surface area contributed by atoms with Crippen LogP contribution in [0.4, 0.5) is 0 Å². The molecule has 1 aliphatic heterocycles. The first-order chi connectivity index (χ1) is 12.7. The van der Waals surface area contributed by atoms with Crippen LogP contribution in [0.5, 0.6) is 0 Å². The lowest BCUT2D eigenvalue weighted by Gasteiger charge is -2.26. The minimum Gasteiger partial charge on any atom is -0.355 e. The fraction of sp³-hybridized carbons (Fsp3) is 0.450. The zero-order valence-corrected chi connectivity index (χ0v) is 15.8. The van der Waals surface area contributed by atoms with Crippen LogP contribution in [0.3, 0.4) is 0 Å². The fourth-order valence-corrected chi connectivity index (χ4v) is 3.95. The lowest BCUT2D eigenvalue weighted by atomic mass is 10.1. The third-order valence-electron chi connectivity index (χ3n) is 4.51. The molecule has 2 heterocycles. The van der Waals surface area contributed by atoms with Crippen LogP contribution in [-0.4, -0.2) is 41.3 Å². The maximum Gasteiger partial charge on any atom is 0.226 e. The van der Waals surface area contributed by atoms with Gasteiger partial charge in [-0.3, -0.25) is 9.59 Å². The van der Waals surface area contributed by atoms with Gasteiger partial charge >= 0.3 is 0 Å². The molecular formula is C20H25N3O2S. The van der Waals surface area contributed by atoms with Gasteiger partial charge in [0.1, 0.15) is 0 Å². The Bertz CT molecular complexity index is 724. The predicted octanol–water partition coefficient (Wildman–Crippen LogP) is 2.80. The smallest absolute Gasteiger partial charge is 0.226 e. The van der Waals surface area contributed by atoms with E-state index in [1.807, 2.05) is 28.5 Å². The molecule has 1 aromatic heterocycles. The number of piperidine rings is 1. The third kappa shape index (κ3) is 5.66. The zero-order chi connectivity index (χ0) is 18.2. The van der Waals surface area contributed by atoms with Crippen molar-refractivity contribution in [1.29, 1.82) is 0 Å². The first-order valence-corrected chi connectivity index (χ1v) is 10.1. The van der Waals surface area contributed by atoms with Gasteiger partial charge in [0.05, 0.1) is 17.1 Å². The number of thiazole rings is 1. The van der Waals surface area contributed by atoms with Crippen LogP contribution >= 0.6 is 11.3 Å². The molecule has 2 amide bonds. The van der Waals surface area contributed by atoms with Gasteiger partial charge in [0.25, 0.3) is 0 Å². The molecule has 2 aromatic rings. The summed E-state index contributed by atoms with van der Waals surface area (Å²) in [5.41, 5.74) is 2.01. The Balaban J connectivity index is 1.39. The molecular weight excluding hydrogens is 346 g/mol. The highest BCUT2D eigenvalue weighted by molar-refractivity contribution is 7.09. The molecule has 0 unspecified atom stereocenters. The highest BCUT2D eigenvalue weighted by Crippen LogP contribution is 2.15. The second-order valence-electron chi connectivity index (χ2n) is 6.61. The molecule has 1 N–H and O–H groups in total. The van der Waals surface area contributed by atoms with E-state index in [-0.39, 0.29) is 18.2 Å². The Labute approximate surface area is 158 Å². The molecule has 5 nitrogen and oxygen atoms in total. The summed E-state index contributed by atoms with van der Waals surface area (Å²) in [5.74, 6) is 0.0665. The maximum absolute atomic E-state index is 12.1. The van der Waals surface area contributed by atoms with Crippen molar-refractivity contribution >= 4 is 23.2 Å². The average Bonchev–Trinajstić information content (AvgIpc) is 3.10. The summed E-state index contributed by atoms with van der Waals surface area (Å²) in [6, 6.07) is 10.2. The number of rotatable bonds is 7. The lowest BCUT2D eigenvalue weighted by molar-refractivity contribution is -0.132. The quantitative estimate of drug-likeness (QED) is 0.814. The Hall–Kier alpha value is -2.21. The number of nitrogens with one attached hydrogen (secondary N) is 1. The van der Waals surface area contributed by atoms with E-state index < -0.39 is 0 Å². The van der Waals surface area contributed by atoms with Crippen molar-refractivity contribution in [3.8, 4) is 0 Å². The molecule has 1 fully saturated rings. The molecule has 138 valence electrons. The second-order valence-corrected chi connectivity index (χ2v) is 7.56. The standard InChI is InChI=1S/C20H25N3O2S/c24-18(21-10-9-20(25)23-11-5-2-6-12-23)14-17-15-26-19(22-17)13-16-7-3-1-4-8-16/h1,3-4,7-8,15H,2,5-6,9-14H2,(H,21,24). The second kappa shape index (κ2) is 9.48. The van der Waals surface area contributed by atoms with Crippen molar-refractivity contribution < 1.29 is 9.59 Å². The molecule has 3 rings (SSSR count). The van der Waals surface area contributed by atoms with Gasteiger partial charge in [-0.05, 0) is 24.8 Å². The van der Waals surface area contributed by atoms with E-state index in [1.54, 1.807) is 11.3 Å². The fourth-order valence-electron chi connectivity index (χ4n) is 3.12. The van der Waals surface area contributed by atoms with Gasteiger partial charge in [-0.15, -0.1) is 11.3 Å². The Morgan fingerprint density at radius 2 is 1.88 bits per heavy atom. The number of nitrogens with zero attached hydrogens (tertiary/aromatic N) is 2. The highest BCUT2D eigenvalue weighted by Gasteiger charge is 2.16. The first kappa shape index (κ1) is 18.6. The minimum atomic E-state index is -0.0759. The molecule has 0 aliphatic carbocycles. The molecule has 1 aromatic carbocycles. The number of likely N-dealkylation sites (tertiary alicyclic amines) is 1. The number of hydrogen-bond acceptors (Lipinski definition) is 4. The Kier molecular flexibility index (Phi) is 6.77. The van der Waals surface area contributed by atoms with Gasteiger partial charge in [-0.2, -0.15) is 0 Å². The molecule has 0 bridgehead atoms. The molecule has 1 saturated heterocycles. The summed E-state index contributed by atoms with van der Waals surface area (Å²) < 4.78 is 0. The van der Waals surface area contributed by atoms with E-state index >= 15 is 0 Å². The number of hydrogen-bond donors (Lipinski definition) is 1. The molecule has 0 radical (unpaired) electrons. The molecule has 0 saturated carbocycles. The van der Waals surface area contributed by atoms with Crippen molar-refractivity contribution in [2.45, 2.75) is 38.5 Å². The molecule has 0 atom stereocenters. The topological polar surface area (TPSA) is 62.3 Å². The van der Waals surface area contributed by atoms with Crippen LogP contribution in [-0.2, 0) is 22.4 Å².